The molecule has 0 bridgehead atoms. The van der Waals surface area contributed by atoms with E-state index in [-0.39, 0.29) is 16.9 Å². The molecular weight excluding hydrogens is 298 g/mol. The third-order valence-electron chi connectivity index (χ3n) is 3.89. The molecule has 1 aliphatic heterocycles. The van der Waals surface area contributed by atoms with Crippen LogP contribution in [0.5, 0.6) is 11.5 Å². The van der Waals surface area contributed by atoms with Gasteiger partial charge in [0.15, 0.2) is 0 Å². The summed E-state index contributed by atoms with van der Waals surface area (Å²) in [6.45, 7) is 4.11. The minimum Gasteiger partial charge on any atom is -0.507 e. The molecule has 2 heterocycles. The molecule has 5 heteroatoms. The van der Waals surface area contributed by atoms with Crippen molar-refractivity contribution in [1.29, 1.82) is 0 Å². The van der Waals surface area contributed by atoms with Crippen molar-refractivity contribution in [3.63, 3.8) is 0 Å². The van der Waals surface area contributed by atoms with Crippen LogP contribution >= 0.6 is 11.8 Å². The number of phenols is 2. The zero-order valence-electron chi connectivity index (χ0n) is 12.2. The smallest absolute Gasteiger partial charge is 0.140 e. The molecule has 3 N–H and O–H groups in total. The van der Waals surface area contributed by atoms with Gasteiger partial charge in [0.05, 0.1) is 10.6 Å². The minimum absolute atomic E-state index is 0.130. The molecule has 0 saturated carbocycles. The van der Waals surface area contributed by atoms with Gasteiger partial charge in [-0.1, -0.05) is 17.8 Å². The van der Waals surface area contributed by atoms with Gasteiger partial charge in [0.1, 0.15) is 28.2 Å². The van der Waals surface area contributed by atoms with Gasteiger partial charge in [-0.3, -0.25) is 0 Å². The van der Waals surface area contributed by atoms with Gasteiger partial charge >= 0.3 is 0 Å². The second-order valence-electron chi connectivity index (χ2n) is 5.59. The van der Waals surface area contributed by atoms with Crippen molar-refractivity contribution < 1.29 is 14.6 Å². The Balaban J connectivity index is 1.77. The second kappa shape index (κ2) is 4.61. The number of aryl methyl sites for hydroxylation is 2. The van der Waals surface area contributed by atoms with Gasteiger partial charge in [-0.15, -0.1) is 0 Å². The fourth-order valence-corrected chi connectivity index (χ4v) is 3.98. The lowest BCUT2D eigenvalue weighted by atomic mass is 10.1. The summed E-state index contributed by atoms with van der Waals surface area (Å²) in [5.74, 6) is 1.07. The van der Waals surface area contributed by atoms with Crippen LogP contribution in [0.15, 0.2) is 39.6 Å². The molecule has 22 heavy (non-hydrogen) atoms. The van der Waals surface area contributed by atoms with Crippen LogP contribution in [0.2, 0.25) is 0 Å². The molecule has 4 nitrogen and oxygen atoms in total. The number of hydrogen-bond donors (Lipinski definition) is 3. The highest BCUT2D eigenvalue weighted by Crippen LogP contribution is 2.54. The van der Waals surface area contributed by atoms with Crippen molar-refractivity contribution in [3.05, 3.63) is 47.2 Å². The summed E-state index contributed by atoms with van der Waals surface area (Å²) >= 11 is 1.44. The maximum atomic E-state index is 9.94. The van der Waals surface area contributed by atoms with Gasteiger partial charge in [0, 0.05) is 5.39 Å². The summed E-state index contributed by atoms with van der Waals surface area (Å²) in [6, 6.07) is 9.15. The van der Waals surface area contributed by atoms with Crippen LogP contribution in [0.3, 0.4) is 0 Å². The van der Waals surface area contributed by atoms with Crippen molar-refractivity contribution in [2.24, 2.45) is 0 Å². The molecule has 0 saturated heterocycles. The highest BCUT2D eigenvalue weighted by atomic mass is 32.2. The van der Waals surface area contributed by atoms with E-state index in [1.165, 1.54) is 29.5 Å². The van der Waals surface area contributed by atoms with E-state index in [0.29, 0.717) is 10.6 Å². The van der Waals surface area contributed by atoms with E-state index in [0.717, 1.165) is 22.3 Å². The molecule has 4 rings (SSSR count). The fourth-order valence-electron chi connectivity index (χ4n) is 2.86. The summed E-state index contributed by atoms with van der Waals surface area (Å²) in [6.07, 6.45) is 0. The largest absolute Gasteiger partial charge is 0.507 e. The lowest BCUT2D eigenvalue weighted by molar-refractivity contribution is 0.451. The van der Waals surface area contributed by atoms with E-state index in [9.17, 15) is 10.2 Å². The normalized spacial score (nSPS) is 16.7. The highest BCUT2D eigenvalue weighted by molar-refractivity contribution is 8.00. The quantitative estimate of drug-likeness (QED) is 0.450. The van der Waals surface area contributed by atoms with Crippen LogP contribution in [-0.2, 0) is 0 Å². The van der Waals surface area contributed by atoms with E-state index >= 15 is 0 Å². The standard InChI is InChI=1S/C17H15NO3S/c1-8-5-9(2)10-7-14(21-13(10)6-8)17-18-15-11(19)3-4-12(20)16(15)22-17/h3-7,17-20H,1-2H3. The molecule has 1 aromatic heterocycles. The van der Waals surface area contributed by atoms with Gasteiger partial charge in [0.25, 0.3) is 0 Å². The van der Waals surface area contributed by atoms with Crippen LogP contribution in [0.25, 0.3) is 11.0 Å². The summed E-state index contributed by atoms with van der Waals surface area (Å²) < 4.78 is 5.98. The first kappa shape index (κ1) is 13.4. The number of anilines is 1. The number of rotatable bonds is 1. The van der Waals surface area contributed by atoms with Crippen molar-refractivity contribution in [3.8, 4) is 11.5 Å². The number of hydrogen-bond acceptors (Lipinski definition) is 5. The zero-order chi connectivity index (χ0) is 15.4. The molecular formula is C17H15NO3S. The molecule has 0 spiro atoms. The molecule has 112 valence electrons. The van der Waals surface area contributed by atoms with Crippen LogP contribution in [0.1, 0.15) is 22.3 Å². The predicted octanol–water partition coefficient (Wildman–Crippen LogP) is 4.68. The third kappa shape index (κ3) is 1.93. The first-order chi connectivity index (χ1) is 10.5. The summed E-state index contributed by atoms with van der Waals surface area (Å²) in [5.41, 5.74) is 3.76. The van der Waals surface area contributed by atoms with Gasteiger partial charge in [-0.25, -0.2) is 0 Å². The monoisotopic (exact) mass is 313 g/mol. The van der Waals surface area contributed by atoms with E-state index in [2.05, 4.69) is 18.3 Å². The summed E-state index contributed by atoms with van der Waals surface area (Å²) in [4.78, 5) is 0.651. The first-order valence-corrected chi connectivity index (χ1v) is 7.90. The van der Waals surface area contributed by atoms with E-state index in [1.54, 1.807) is 0 Å². The van der Waals surface area contributed by atoms with Crippen LogP contribution < -0.4 is 5.32 Å². The van der Waals surface area contributed by atoms with Crippen molar-refractivity contribution in [2.45, 2.75) is 24.1 Å². The summed E-state index contributed by atoms with van der Waals surface area (Å²) in [7, 11) is 0. The topological polar surface area (TPSA) is 65.6 Å². The molecule has 0 aliphatic carbocycles. The van der Waals surface area contributed by atoms with Crippen LogP contribution in [-0.4, -0.2) is 10.2 Å². The summed E-state index contributed by atoms with van der Waals surface area (Å²) in [5, 5.41) is 24.0. The Morgan fingerprint density at radius 3 is 2.64 bits per heavy atom. The molecule has 2 aromatic carbocycles. The van der Waals surface area contributed by atoms with Gasteiger partial charge in [0.2, 0.25) is 0 Å². The van der Waals surface area contributed by atoms with E-state index < -0.39 is 0 Å². The average Bonchev–Trinajstić information content (AvgIpc) is 3.07. The van der Waals surface area contributed by atoms with Gasteiger partial charge in [-0.05, 0) is 49.2 Å². The van der Waals surface area contributed by atoms with Crippen molar-refractivity contribution in [1.82, 2.24) is 0 Å². The van der Waals surface area contributed by atoms with E-state index in [1.807, 2.05) is 19.1 Å². The number of benzene rings is 2. The highest BCUT2D eigenvalue weighted by Gasteiger charge is 2.30. The van der Waals surface area contributed by atoms with Crippen LogP contribution in [0, 0.1) is 13.8 Å². The number of phenolic OH excluding ortho intramolecular Hbond substituents is 2. The minimum atomic E-state index is -0.165. The fraction of sp³-hybridized carbons (Fsp3) is 0.176. The lowest BCUT2D eigenvalue weighted by Gasteiger charge is -2.06. The zero-order valence-corrected chi connectivity index (χ0v) is 13.0. The Morgan fingerprint density at radius 1 is 1.09 bits per heavy atom. The molecule has 0 fully saturated rings. The maximum Gasteiger partial charge on any atom is 0.140 e. The third-order valence-corrected chi connectivity index (χ3v) is 5.13. The van der Waals surface area contributed by atoms with Crippen molar-refractivity contribution in [2.75, 3.05) is 5.32 Å². The Hall–Kier alpha value is -2.27. The molecule has 1 unspecified atom stereocenters. The predicted molar refractivity (Wildman–Crippen MR) is 87.7 cm³/mol. The van der Waals surface area contributed by atoms with Gasteiger partial charge in [-0.2, -0.15) is 0 Å². The lowest BCUT2D eigenvalue weighted by Crippen LogP contribution is -1.99. The molecule has 0 radical (unpaired) electrons. The second-order valence-corrected chi connectivity index (χ2v) is 6.71. The number of fused-ring (bicyclic) bond motifs is 2. The van der Waals surface area contributed by atoms with Crippen LogP contribution in [0.4, 0.5) is 5.69 Å². The number of aromatic hydroxyl groups is 2. The molecule has 1 atom stereocenters. The SMILES string of the molecule is Cc1cc(C)c2cc(C3Nc4c(O)ccc(O)c4S3)oc2c1. The van der Waals surface area contributed by atoms with Gasteiger partial charge < -0.3 is 19.9 Å². The Bertz CT molecular complexity index is 870. The number of thioether (sulfide) groups is 1. The Labute approximate surface area is 131 Å². The maximum absolute atomic E-state index is 9.94. The molecule has 3 aromatic rings. The first-order valence-electron chi connectivity index (χ1n) is 7.02. The Kier molecular flexibility index (Phi) is 2.81. The number of nitrogens with one attached hydrogen (secondary N) is 1. The average molecular weight is 313 g/mol. The Morgan fingerprint density at radius 2 is 1.86 bits per heavy atom. The number of furan rings is 1. The molecule has 0 amide bonds. The molecule has 1 aliphatic rings. The van der Waals surface area contributed by atoms with Crippen molar-refractivity contribution >= 4 is 28.4 Å². The van der Waals surface area contributed by atoms with E-state index in [4.69, 9.17) is 4.42 Å².